The van der Waals surface area contributed by atoms with E-state index in [1.54, 1.807) is 12.1 Å². The topological polar surface area (TPSA) is 12.5 Å². The second kappa shape index (κ2) is 6.06. The molecule has 0 saturated carbocycles. The van der Waals surface area contributed by atoms with Gasteiger partial charge in [0.05, 0.1) is 12.5 Å². The minimum atomic E-state index is -0.365. The Hall–Kier alpha value is -0.800. The molecule has 0 amide bonds. The van der Waals surface area contributed by atoms with E-state index >= 15 is 0 Å². The molecule has 16 heavy (non-hydrogen) atoms. The largest absolute Gasteiger partial charge is 0.494 e. The van der Waals surface area contributed by atoms with Gasteiger partial charge in [0.2, 0.25) is 0 Å². The Bertz CT molecular complexity index is 344. The van der Waals surface area contributed by atoms with Crippen molar-refractivity contribution in [1.82, 2.24) is 4.90 Å². The fourth-order valence-electron chi connectivity index (χ4n) is 1.42. The molecule has 90 valence electrons. The number of hydrogen-bond acceptors (Lipinski definition) is 2. The average Bonchev–Trinajstić information content (AvgIpc) is 2.25. The van der Waals surface area contributed by atoms with Crippen molar-refractivity contribution in [2.24, 2.45) is 0 Å². The SMILES string of the molecule is COc1ccc(C(Cl)CCN(C)C)cc1F. The van der Waals surface area contributed by atoms with Gasteiger partial charge in [-0.1, -0.05) is 6.07 Å². The Morgan fingerprint density at radius 1 is 1.44 bits per heavy atom. The highest BCUT2D eigenvalue weighted by atomic mass is 35.5. The Balaban J connectivity index is 2.69. The maximum Gasteiger partial charge on any atom is 0.165 e. The van der Waals surface area contributed by atoms with Crippen molar-refractivity contribution in [2.45, 2.75) is 11.8 Å². The summed E-state index contributed by atoms with van der Waals surface area (Å²) in [6, 6.07) is 4.84. The van der Waals surface area contributed by atoms with Crippen molar-refractivity contribution in [3.8, 4) is 5.75 Å². The molecule has 2 nitrogen and oxygen atoms in total. The number of hydrogen-bond donors (Lipinski definition) is 0. The molecule has 1 aromatic rings. The molecule has 0 aliphatic heterocycles. The van der Waals surface area contributed by atoms with Crippen LogP contribution in [0.25, 0.3) is 0 Å². The van der Waals surface area contributed by atoms with Crippen LogP contribution in [0.1, 0.15) is 17.4 Å². The van der Waals surface area contributed by atoms with E-state index in [0.29, 0.717) is 0 Å². The second-order valence-corrected chi connectivity index (χ2v) is 4.48. The van der Waals surface area contributed by atoms with Gasteiger partial charge in [0, 0.05) is 0 Å². The molecule has 1 aromatic carbocycles. The summed E-state index contributed by atoms with van der Waals surface area (Å²) in [6.45, 7) is 0.877. The number of benzene rings is 1. The number of methoxy groups -OCH3 is 1. The summed E-state index contributed by atoms with van der Waals surface area (Å²) in [6.07, 6.45) is 0.792. The standard InChI is InChI=1S/C12H17ClFNO/c1-15(2)7-6-10(13)9-4-5-12(16-3)11(14)8-9/h4-5,8,10H,6-7H2,1-3H3. The minimum absolute atomic E-state index is 0.164. The number of halogens is 2. The molecule has 0 aliphatic carbocycles. The first-order valence-corrected chi connectivity index (χ1v) is 5.60. The van der Waals surface area contributed by atoms with Crippen LogP contribution in [-0.2, 0) is 0 Å². The van der Waals surface area contributed by atoms with Crippen molar-refractivity contribution in [3.05, 3.63) is 29.6 Å². The van der Waals surface area contributed by atoms with Gasteiger partial charge < -0.3 is 9.64 Å². The van der Waals surface area contributed by atoms with Crippen LogP contribution in [0.3, 0.4) is 0 Å². The predicted octanol–water partition coefficient (Wildman–Crippen LogP) is 3.07. The van der Waals surface area contributed by atoms with E-state index in [2.05, 4.69) is 4.90 Å². The molecule has 4 heteroatoms. The molecule has 0 radical (unpaired) electrons. The smallest absolute Gasteiger partial charge is 0.165 e. The number of rotatable bonds is 5. The molecule has 1 atom stereocenters. The maximum atomic E-state index is 13.4. The molecule has 1 rings (SSSR count). The third-order valence-corrected chi connectivity index (χ3v) is 2.84. The van der Waals surface area contributed by atoms with Crippen LogP contribution in [0.2, 0.25) is 0 Å². The number of nitrogens with zero attached hydrogens (tertiary/aromatic N) is 1. The molecule has 0 fully saturated rings. The van der Waals surface area contributed by atoms with Gasteiger partial charge in [-0.25, -0.2) is 4.39 Å². The summed E-state index contributed by atoms with van der Waals surface area (Å²) in [5.74, 6) is -0.115. The fraction of sp³-hybridized carbons (Fsp3) is 0.500. The lowest BCUT2D eigenvalue weighted by Gasteiger charge is -2.14. The lowest BCUT2D eigenvalue weighted by molar-refractivity contribution is 0.384. The van der Waals surface area contributed by atoms with Gasteiger partial charge in [0.1, 0.15) is 0 Å². The molecule has 0 heterocycles. The van der Waals surface area contributed by atoms with Crippen LogP contribution >= 0.6 is 11.6 Å². The zero-order valence-corrected chi connectivity index (χ0v) is 10.6. The van der Waals surface area contributed by atoms with Crippen molar-refractivity contribution < 1.29 is 9.13 Å². The van der Waals surface area contributed by atoms with Gasteiger partial charge in [-0.15, -0.1) is 11.6 Å². The predicted molar refractivity (Wildman–Crippen MR) is 64.7 cm³/mol. The van der Waals surface area contributed by atoms with E-state index in [9.17, 15) is 4.39 Å². The van der Waals surface area contributed by atoms with Crippen molar-refractivity contribution >= 4 is 11.6 Å². The summed E-state index contributed by atoms with van der Waals surface area (Å²) in [5.41, 5.74) is 0.793. The van der Waals surface area contributed by atoms with Gasteiger partial charge >= 0.3 is 0 Å². The van der Waals surface area contributed by atoms with Crippen LogP contribution in [0, 0.1) is 5.82 Å². The van der Waals surface area contributed by atoms with Crippen LogP contribution in [-0.4, -0.2) is 32.6 Å². The van der Waals surface area contributed by atoms with Crippen molar-refractivity contribution in [3.63, 3.8) is 0 Å². The maximum absolute atomic E-state index is 13.4. The second-order valence-electron chi connectivity index (χ2n) is 3.95. The average molecular weight is 246 g/mol. The van der Waals surface area contributed by atoms with Crippen molar-refractivity contribution in [1.29, 1.82) is 0 Å². The van der Waals surface area contributed by atoms with E-state index in [0.717, 1.165) is 18.5 Å². The van der Waals surface area contributed by atoms with E-state index in [-0.39, 0.29) is 16.9 Å². The molecule has 0 spiro atoms. The quantitative estimate of drug-likeness (QED) is 0.740. The van der Waals surface area contributed by atoms with Crippen LogP contribution in [0.5, 0.6) is 5.75 Å². The Labute approximate surface area is 101 Å². The van der Waals surface area contributed by atoms with Gasteiger partial charge in [0.15, 0.2) is 11.6 Å². The fourth-order valence-corrected chi connectivity index (χ4v) is 1.65. The first-order chi connectivity index (χ1) is 7.54. The summed E-state index contributed by atoms with van der Waals surface area (Å²) in [7, 11) is 5.42. The highest BCUT2D eigenvalue weighted by molar-refractivity contribution is 6.20. The molecular weight excluding hydrogens is 229 g/mol. The van der Waals surface area contributed by atoms with Crippen LogP contribution < -0.4 is 4.74 Å². The highest BCUT2D eigenvalue weighted by Crippen LogP contribution is 2.28. The van der Waals surface area contributed by atoms with E-state index in [1.165, 1.54) is 13.2 Å². The normalized spacial score (nSPS) is 12.9. The van der Waals surface area contributed by atoms with E-state index < -0.39 is 0 Å². The number of alkyl halides is 1. The third kappa shape index (κ3) is 3.65. The lowest BCUT2D eigenvalue weighted by atomic mass is 10.1. The van der Waals surface area contributed by atoms with Crippen LogP contribution in [0.15, 0.2) is 18.2 Å². The zero-order valence-electron chi connectivity index (χ0n) is 9.84. The van der Waals surface area contributed by atoms with Gasteiger partial charge in [-0.3, -0.25) is 0 Å². The number of ether oxygens (including phenoxy) is 1. The first-order valence-electron chi connectivity index (χ1n) is 5.17. The summed E-state index contributed by atoms with van der Waals surface area (Å²) in [5, 5.41) is -0.164. The van der Waals surface area contributed by atoms with E-state index in [4.69, 9.17) is 16.3 Å². The van der Waals surface area contributed by atoms with Gasteiger partial charge in [-0.2, -0.15) is 0 Å². The Morgan fingerprint density at radius 3 is 2.62 bits per heavy atom. The van der Waals surface area contributed by atoms with Gasteiger partial charge in [0.25, 0.3) is 0 Å². The lowest BCUT2D eigenvalue weighted by Crippen LogP contribution is -2.14. The molecule has 1 unspecified atom stereocenters. The monoisotopic (exact) mass is 245 g/mol. The van der Waals surface area contributed by atoms with Crippen LogP contribution in [0.4, 0.5) is 4.39 Å². The Kier molecular flexibility index (Phi) is 5.03. The first kappa shape index (κ1) is 13.3. The zero-order chi connectivity index (χ0) is 12.1. The molecule has 0 aromatic heterocycles. The highest BCUT2D eigenvalue weighted by Gasteiger charge is 2.11. The molecular formula is C12H17ClFNO. The minimum Gasteiger partial charge on any atom is -0.494 e. The molecule has 0 aliphatic rings. The summed E-state index contributed by atoms with van der Waals surface area (Å²) in [4.78, 5) is 2.05. The van der Waals surface area contributed by atoms with E-state index in [1.807, 2.05) is 14.1 Å². The Morgan fingerprint density at radius 2 is 2.12 bits per heavy atom. The third-order valence-electron chi connectivity index (χ3n) is 2.37. The summed E-state index contributed by atoms with van der Waals surface area (Å²) < 4.78 is 18.3. The molecule has 0 N–H and O–H groups in total. The molecule has 0 bridgehead atoms. The van der Waals surface area contributed by atoms with Gasteiger partial charge in [-0.05, 0) is 44.8 Å². The molecule has 0 saturated heterocycles. The van der Waals surface area contributed by atoms with Crippen molar-refractivity contribution in [2.75, 3.05) is 27.7 Å². The summed E-state index contributed by atoms with van der Waals surface area (Å²) >= 11 is 6.18.